The van der Waals surface area contributed by atoms with Gasteiger partial charge in [-0.25, -0.2) is 4.79 Å². The first-order chi connectivity index (χ1) is 12.6. The number of hydrogen-bond acceptors (Lipinski definition) is 4. The lowest BCUT2D eigenvalue weighted by molar-refractivity contribution is -0.131. The Morgan fingerprint density at radius 3 is 2.69 bits per heavy atom. The van der Waals surface area contributed by atoms with Crippen LogP contribution in [0.2, 0.25) is 0 Å². The van der Waals surface area contributed by atoms with E-state index in [1.807, 2.05) is 17.8 Å². The monoisotopic (exact) mass is 357 g/mol. The molecule has 1 aromatic heterocycles. The van der Waals surface area contributed by atoms with Gasteiger partial charge in [-0.3, -0.25) is 14.4 Å². The first-order valence-electron chi connectivity index (χ1n) is 9.59. The topological polar surface area (TPSA) is 82.2 Å². The largest absolute Gasteiger partial charge is 0.326 e. The Labute approximate surface area is 154 Å². The van der Waals surface area contributed by atoms with E-state index < -0.39 is 5.41 Å². The Morgan fingerprint density at radius 2 is 2.04 bits per heavy atom. The van der Waals surface area contributed by atoms with Crippen LogP contribution in [0.4, 0.5) is 4.79 Å². The maximum Gasteiger partial charge on any atom is 0.326 e. The molecule has 2 aliphatic rings. The molecule has 1 aliphatic carbocycles. The van der Waals surface area contributed by atoms with E-state index in [1.54, 1.807) is 11.1 Å². The summed E-state index contributed by atoms with van der Waals surface area (Å²) >= 11 is 0. The van der Waals surface area contributed by atoms with Crippen molar-refractivity contribution in [1.29, 1.82) is 5.26 Å². The van der Waals surface area contributed by atoms with Crippen LogP contribution in [0.5, 0.6) is 0 Å². The van der Waals surface area contributed by atoms with Crippen molar-refractivity contribution in [1.82, 2.24) is 19.6 Å². The van der Waals surface area contributed by atoms with Crippen LogP contribution in [0, 0.1) is 16.7 Å². The number of aryl methyl sites for hydroxylation is 1. The molecule has 0 spiro atoms. The van der Waals surface area contributed by atoms with E-state index in [0.29, 0.717) is 32.5 Å². The standard InChI is InChI=1S/C19H27N5O2/c1-2-23-13-16(12-21-23)6-11-24-17(25)7-10-22(18(24)26)15-19(14-20)8-4-3-5-9-19/h12-13H,2-11,15H2,1H3. The number of hydrogen-bond donors (Lipinski definition) is 0. The zero-order valence-electron chi connectivity index (χ0n) is 15.5. The second-order valence-corrected chi connectivity index (χ2v) is 7.41. The van der Waals surface area contributed by atoms with Gasteiger partial charge in [-0.05, 0) is 31.7 Å². The molecule has 3 amide bonds. The Bertz CT molecular complexity index is 699. The number of nitriles is 1. The van der Waals surface area contributed by atoms with Gasteiger partial charge in [-0.2, -0.15) is 10.4 Å². The zero-order chi connectivity index (χ0) is 18.6. The quantitative estimate of drug-likeness (QED) is 0.783. The molecule has 26 heavy (non-hydrogen) atoms. The summed E-state index contributed by atoms with van der Waals surface area (Å²) in [6.07, 6.45) is 9.61. The maximum absolute atomic E-state index is 12.9. The van der Waals surface area contributed by atoms with Crippen LogP contribution >= 0.6 is 0 Å². The smallest absolute Gasteiger partial charge is 0.322 e. The van der Waals surface area contributed by atoms with E-state index in [9.17, 15) is 14.9 Å². The summed E-state index contributed by atoms with van der Waals surface area (Å²) in [6.45, 7) is 4.04. The lowest BCUT2D eigenvalue weighted by Gasteiger charge is -2.40. The van der Waals surface area contributed by atoms with Gasteiger partial charge in [-0.1, -0.05) is 19.3 Å². The molecule has 140 valence electrons. The van der Waals surface area contributed by atoms with Crippen molar-refractivity contribution in [2.75, 3.05) is 19.6 Å². The minimum absolute atomic E-state index is 0.121. The van der Waals surface area contributed by atoms with Crippen LogP contribution in [0.15, 0.2) is 12.4 Å². The van der Waals surface area contributed by atoms with Crippen molar-refractivity contribution in [3.8, 4) is 6.07 Å². The van der Waals surface area contributed by atoms with Crippen LogP contribution in [0.25, 0.3) is 0 Å². The predicted octanol–water partition coefficient (Wildman–Crippen LogP) is 2.57. The number of urea groups is 1. The summed E-state index contributed by atoms with van der Waals surface area (Å²) in [4.78, 5) is 28.2. The first kappa shape index (κ1) is 18.4. The molecule has 3 rings (SSSR count). The lowest BCUT2D eigenvalue weighted by atomic mass is 9.75. The molecule has 2 heterocycles. The molecule has 0 aromatic carbocycles. The lowest BCUT2D eigenvalue weighted by Crippen LogP contribution is -2.55. The fraction of sp³-hybridized carbons (Fsp3) is 0.684. The molecule has 7 nitrogen and oxygen atoms in total. The fourth-order valence-electron chi connectivity index (χ4n) is 3.95. The molecular weight excluding hydrogens is 330 g/mol. The summed E-state index contributed by atoms with van der Waals surface area (Å²) in [5.74, 6) is -0.121. The van der Waals surface area contributed by atoms with E-state index in [-0.39, 0.29) is 11.9 Å². The minimum Gasteiger partial charge on any atom is -0.322 e. The summed E-state index contributed by atoms with van der Waals surface area (Å²) in [6, 6.07) is 2.22. The van der Waals surface area contributed by atoms with Crippen molar-refractivity contribution in [2.24, 2.45) is 5.41 Å². The Balaban J connectivity index is 1.63. The number of carbonyl (C=O) groups excluding carboxylic acids is 2. The molecule has 1 saturated heterocycles. The van der Waals surface area contributed by atoms with Crippen LogP contribution in [-0.4, -0.2) is 51.2 Å². The molecule has 0 N–H and O–H groups in total. The van der Waals surface area contributed by atoms with Crippen molar-refractivity contribution < 1.29 is 9.59 Å². The summed E-state index contributed by atoms with van der Waals surface area (Å²) < 4.78 is 1.83. The van der Waals surface area contributed by atoms with Crippen molar-refractivity contribution in [3.05, 3.63) is 18.0 Å². The van der Waals surface area contributed by atoms with Gasteiger partial charge in [-0.15, -0.1) is 0 Å². The molecule has 0 radical (unpaired) electrons. The summed E-state index contributed by atoms with van der Waals surface area (Å²) in [5, 5.41) is 13.9. The third-order valence-corrected chi connectivity index (χ3v) is 5.57. The number of carbonyl (C=O) groups is 2. The van der Waals surface area contributed by atoms with Gasteiger partial charge < -0.3 is 4.90 Å². The minimum atomic E-state index is -0.442. The summed E-state index contributed by atoms with van der Waals surface area (Å²) in [7, 11) is 0. The SMILES string of the molecule is CCn1cc(CCN2C(=O)CCN(CC3(C#N)CCCCC3)C2=O)cn1. The number of amides is 3. The highest BCUT2D eigenvalue weighted by Crippen LogP contribution is 2.37. The van der Waals surface area contributed by atoms with Gasteiger partial charge in [0.1, 0.15) is 0 Å². The molecule has 0 atom stereocenters. The average molecular weight is 357 g/mol. The van der Waals surface area contributed by atoms with Crippen LogP contribution in [-0.2, 0) is 17.8 Å². The molecule has 1 aromatic rings. The molecular formula is C19H27N5O2. The molecule has 1 aliphatic heterocycles. The molecule has 7 heteroatoms. The van der Waals surface area contributed by atoms with Crippen LogP contribution < -0.4 is 0 Å². The Kier molecular flexibility index (Phi) is 5.60. The number of aromatic nitrogens is 2. The second kappa shape index (κ2) is 7.90. The molecule has 1 saturated carbocycles. The number of imide groups is 1. The van der Waals surface area contributed by atoms with Crippen LogP contribution in [0.3, 0.4) is 0 Å². The first-order valence-corrected chi connectivity index (χ1v) is 9.59. The van der Waals surface area contributed by atoms with Gasteiger partial charge in [0.2, 0.25) is 5.91 Å². The fourth-order valence-corrected chi connectivity index (χ4v) is 3.95. The van der Waals surface area contributed by atoms with E-state index in [1.165, 1.54) is 4.90 Å². The Morgan fingerprint density at radius 1 is 1.27 bits per heavy atom. The summed E-state index contributed by atoms with van der Waals surface area (Å²) in [5.41, 5.74) is 0.577. The number of nitrogens with zero attached hydrogens (tertiary/aromatic N) is 5. The number of rotatable bonds is 6. The van der Waals surface area contributed by atoms with E-state index in [2.05, 4.69) is 11.2 Å². The average Bonchev–Trinajstić information content (AvgIpc) is 3.13. The van der Waals surface area contributed by atoms with Gasteiger partial charge in [0.15, 0.2) is 0 Å². The van der Waals surface area contributed by atoms with E-state index in [4.69, 9.17) is 0 Å². The molecule has 0 bridgehead atoms. The highest BCUT2D eigenvalue weighted by atomic mass is 16.2. The zero-order valence-corrected chi connectivity index (χ0v) is 15.5. The van der Waals surface area contributed by atoms with Gasteiger partial charge in [0.05, 0.1) is 17.7 Å². The maximum atomic E-state index is 12.9. The predicted molar refractivity (Wildman–Crippen MR) is 96.0 cm³/mol. The second-order valence-electron chi connectivity index (χ2n) is 7.41. The third kappa shape index (κ3) is 3.90. The van der Waals surface area contributed by atoms with Crippen molar-refractivity contribution in [2.45, 2.75) is 58.4 Å². The van der Waals surface area contributed by atoms with Crippen molar-refractivity contribution in [3.63, 3.8) is 0 Å². The molecule has 2 fully saturated rings. The van der Waals surface area contributed by atoms with E-state index in [0.717, 1.165) is 44.2 Å². The van der Waals surface area contributed by atoms with E-state index >= 15 is 0 Å². The highest BCUT2D eigenvalue weighted by molar-refractivity contribution is 5.96. The van der Waals surface area contributed by atoms with Gasteiger partial charge in [0, 0.05) is 38.8 Å². The van der Waals surface area contributed by atoms with Gasteiger partial charge >= 0.3 is 6.03 Å². The molecule has 0 unspecified atom stereocenters. The highest BCUT2D eigenvalue weighted by Gasteiger charge is 2.39. The third-order valence-electron chi connectivity index (χ3n) is 5.57. The Hall–Kier alpha value is -2.36. The normalized spacial score (nSPS) is 20.3. The van der Waals surface area contributed by atoms with Gasteiger partial charge in [0.25, 0.3) is 0 Å². The van der Waals surface area contributed by atoms with Crippen molar-refractivity contribution >= 4 is 11.9 Å². The van der Waals surface area contributed by atoms with Crippen LogP contribution in [0.1, 0.15) is 51.0 Å².